The third-order valence-electron chi connectivity index (χ3n) is 4.22. The van der Waals surface area contributed by atoms with Gasteiger partial charge in [0.25, 0.3) is 5.91 Å². The van der Waals surface area contributed by atoms with E-state index < -0.39 is 0 Å². The summed E-state index contributed by atoms with van der Waals surface area (Å²) in [7, 11) is 0. The number of ether oxygens (including phenoxy) is 1. The van der Waals surface area contributed by atoms with E-state index in [0.29, 0.717) is 24.7 Å². The number of nitrogens with zero attached hydrogens (tertiary/aromatic N) is 3. The van der Waals surface area contributed by atoms with Gasteiger partial charge in [-0.3, -0.25) is 15.1 Å². The first-order valence-corrected chi connectivity index (χ1v) is 8.47. The molecule has 0 bridgehead atoms. The molecular weight excluding hydrogens is 330 g/mol. The Balaban J connectivity index is 1.51. The predicted molar refractivity (Wildman–Crippen MR) is 97.2 cm³/mol. The lowest BCUT2D eigenvalue weighted by molar-refractivity contribution is 0.102. The van der Waals surface area contributed by atoms with Crippen LogP contribution in [-0.4, -0.2) is 33.6 Å². The van der Waals surface area contributed by atoms with Crippen molar-refractivity contribution in [2.45, 2.75) is 13.1 Å². The second-order valence-corrected chi connectivity index (χ2v) is 6.04. The van der Waals surface area contributed by atoms with E-state index in [-0.39, 0.29) is 5.91 Å². The summed E-state index contributed by atoms with van der Waals surface area (Å²) in [6.07, 6.45) is 6.99. The molecule has 3 aromatic rings. The van der Waals surface area contributed by atoms with E-state index in [1.165, 1.54) is 0 Å². The number of fused-ring (bicyclic) bond motifs is 1. The highest BCUT2D eigenvalue weighted by molar-refractivity contribution is 6.03. The Kier molecular flexibility index (Phi) is 4.61. The minimum Gasteiger partial charge on any atom is -0.492 e. The Morgan fingerprint density at radius 2 is 2.12 bits per heavy atom. The first-order valence-electron chi connectivity index (χ1n) is 8.47. The zero-order chi connectivity index (χ0) is 17.8. The molecule has 0 unspecified atom stereocenters. The number of hydrogen-bond acceptors (Lipinski definition) is 5. The van der Waals surface area contributed by atoms with E-state index in [2.05, 4.69) is 20.6 Å². The molecule has 0 fully saturated rings. The summed E-state index contributed by atoms with van der Waals surface area (Å²) in [6, 6.07) is 9.38. The molecule has 1 aliphatic rings. The van der Waals surface area contributed by atoms with Crippen LogP contribution in [-0.2, 0) is 13.1 Å². The number of imidazole rings is 1. The highest BCUT2D eigenvalue weighted by atomic mass is 16.5. The Hall–Kier alpha value is -3.19. The molecule has 0 saturated heterocycles. The molecule has 2 aromatic heterocycles. The van der Waals surface area contributed by atoms with Gasteiger partial charge in [-0.15, -0.1) is 0 Å². The van der Waals surface area contributed by atoms with Crippen LogP contribution in [0, 0.1) is 0 Å². The van der Waals surface area contributed by atoms with Crippen LogP contribution in [0.25, 0.3) is 0 Å². The average molecular weight is 349 g/mol. The first-order chi connectivity index (χ1) is 12.8. The van der Waals surface area contributed by atoms with E-state index in [9.17, 15) is 4.79 Å². The lowest BCUT2D eigenvalue weighted by atomic mass is 10.1. The van der Waals surface area contributed by atoms with Crippen molar-refractivity contribution in [3.05, 3.63) is 71.8 Å². The highest BCUT2D eigenvalue weighted by Gasteiger charge is 2.14. The normalized spacial score (nSPS) is 13.4. The van der Waals surface area contributed by atoms with Gasteiger partial charge in [-0.2, -0.15) is 0 Å². The van der Waals surface area contributed by atoms with E-state index in [1.807, 2.05) is 29.0 Å². The van der Waals surface area contributed by atoms with Crippen molar-refractivity contribution in [3.8, 4) is 5.75 Å². The molecule has 0 aliphatic carbocycles. The molecule has 2 N–H and O–H groups in total. The molecule has 0 atom stereocenters. The van der Waals surface area contributed by atoms with E-state index in [1.54, 1.807) is 30.7 Å². The van der Waals surface area contributed by atoms with Gasteiger partial charge in [0.1, 0.15) is 12.4 Å². The number of nitrogens with one attached hydrogen (secondary N) is 2. The van der Waals surface area contributed by atoms with Gasteiger partial charge in [-0.25, -0.2) is 4.98 Å². The van der Waals surface area contributed by atoms with Crippen LogP contribution in [0.4, 0.5) is 5.95 Å². The van der Waals surface area contributed by atoms with Crippen molar-refractivity contribution in [1.29, 1.82) is 0 Å². The number of anilines is 1. The number of carbonyl (C=O) groups excluding carboxylic acids is 1. The zero-order valence-corrected chi connectivity index (χ0v) is 14.2. The summed E-state index contributed by atoms with van der Waals surface area (Å²) < 4.78 is 7.59. The first kappa shape index (κ1) is 16.3. The van der Waals surface area contributed by atoms with Gasteiger partial charge in [-0.05, 0) is 29.8 Å². The highest BCUT2D eigenvalue weighted by Crippen LogP contribution is 2.22. The molecule has 132 valence electrons. The van der Waals surface area contributed by atoms with Gasteiger partial charge in [0, 0.05) is 49.0 Å². The fraction of sp³-hybridized carbons (Fsp3) is 0.211. The summed E-state index contributed by atoms with van der Waals surface area (Å²) >= 11 is 0. The third kappa shape index (κ3) is 3.57. The van der Waals surface area contributed by atoms with Crippen LogP contribution in [0.2, 0.25) is 0 Å². The summed E-state index contributed by atoms with van der Waals surface area (Å²) in [6.45, 7) is 2.74. The van der Waals surface area contributed by atoms with E-state index >= 15 is 0 Å². The summed E-state index contributed by atoms with van der Waals surface area (Å²) in [5.41, 5.74) is 2.68. The Bertz CT molecular complexity index is 907. The molecule has 7 nitrogen and oxygen atoms in total. The van der Waals surface area contributed by atoms with Crippen molar-refractivity contribution in [2.24, 2.45) is 0 Å². The molecule has 0 spiro atoms. The number of rotatable bonds is 4. The number of hydrogen-bond donors (Lipinski definition) is 2. The lowest BCUT2D eigenvalue weighted by Gasteiger charge is -2.11. The summed E-state index contributed by atoms with van der Waals surface area (Å²) in [5, 5.41) is 6.15. The molecule has 0 radical (unpaired) electrons. The number of amides is 1. The minimum atomic E-state index is -0.212. The van der Waals surface area contributed by atoms with Gasteiger partial charge < -0.3 is 14.6 Å². The average Bonchev–Trinajstić information content (AvgIpc) is 2.96. The molecule has 3 heterocycles. The van der Waals surface area contributed by atoms with E-state index in [4.69, 9.17) is 4.74 Å². The van der Waals surface area contributed by atoms with Crippen LogP contribution in [0.5, 0.6) is 5.75 Å². The van der Waals surface area contributed by atoms with Gasteiger partial charge in [-0.1, -0.05) is 6.07 Å². The minimum absolute atomic E-state index is 0.212. The number of carbonyl (C=O) groups is 1. The number of benzene rings is 1. The predicted octanol–water partition coefficient (Wildman–Crippen LogP) is 2.06. The molecule has 26 heavy (non-hydrogen) atoms. The molecule has 0 saturated carbocycles. The maximum Gasteiger partial charge on any atom is 0.258 e. The van der Waals surface area contributed by atoms with Crippen molar-refractivity contribution >= 4 is 11.9 Å². The standard InChI is InChI=1S/C19H19N5O2/c25-18(15-1-2-16-12-21-8-10-26-17(16)11-15)23-19-22-7-9-24(19)13-14-3-5-20-6-4-14/h1-7,9,11,21H,8,10,12-13H2,(H,22,23,25). The van der Waals surface area contributed by atoms with Crippen molar-refractivity contribution < 1.29 is 9.53 Å². The molecule has 1 aliphatic heterocycles. The maximum absolute atomic E-state index is 12.6. The van der Waals surface area contributed by atoms with Crippen LogP contribution < -0.4 is 15.4 Å². The smallest absolute Gasteiger partial charge is 0.258 e. The SMILES string of the molecule is O=C(Nc1nccn1Cc1ccncc1)c1ccc2c(c1)OCCNC2. The van der Waals surface area contributed by atoms with Gasteiger partial charge in [0.05, 0.1) is 6.54 Å². The van der Waals surface area contributed by atoms with Gasteiger partial charge >= 0.3 is 0 Å². The summed E-state index contributed by atoms with van der Waals surface area (Å²) in [5.74, 6) is 1.04. The lowest BCUT2D eigenvalue weighted by Crippen LogP contribution is -2.16. The molecule has 1 amide bonds. The van der Waals surface area contributed by atoms with Crippen molar-refractivity contribution in [1.82, 2.24) is 19.9 Å². The monoisotopic (exact) mass is 349 g/mol. The van der Waals surface area contributed by atoms with Crippen LogP contribution in [0.1, 0.15) is 21.5 Å². The van der Waals surface area contributed by atoms with E-state index in [0.717, 1.165) is 30.0 Å². The number of pyridine rings is 1. The van der Waals surface area contributed by atoms with Crippen LogP contribution in [0.3, 0.4) is 0 Å². The number of aromatic nitrogens is 3. The second-order valence-electron chi connectivity index (χ2n) is 6.04. The second kappa shape index (κ2) is 7.37. The largest absolute Gasteiger partial charge is 0.492 e. The molecule has 7 heteroatoms. The quantitative estimate of drug-likeness (QED) is 0.754. The fourth-order valence-electron chi connectivity index (χ4n) is 2.85. The van der Waals surface area contributed by atoms with Crippen molar-refractivity contribution in [2.75, 3.05) is 18.5 Å². The molecule has 4 rings (SSSR count). The molecule has 1 aromatic carbocycles. The van der Waals surface area contributed by atoms with Crippen LogP contribution >= 0.6 is 0 Å². The maximum atomic E-state index is 12.6. The topological polar surface area (TPSA) is 81.1 Å². The Labute approximate surface area is 151 Å². The van der Waals surface area contributed by atoms with Crippen LogP contribution in [0.15, 0.2) is 55.1 Å². The third-order valence-corrected chi connectivity index (χ3v) is 4.22. The fourth-order valence-corrected chi connectivity index (χ4v) is 2.85. The van der Waals surface area contributed by atoms with Gasteiger partial charge in [0.2, 0.25) is 5.95 Å². The Morgan fingerprint density at radius 1 is 1.23 bits per heavy atom. The Morgan fingerprint density at radius 3 is 3.00 bits per heavy atom. The van der Waals surface area contributed by atoms with Gasteiger partial charge in [0.15, 0.2) is 0 Å². The van der Waals surface area contributed by atoms with Crippen molar-refractivity contribution in [3.63, 3.8) is 0 Å². The summed E-state index contributed by atoms with van der Waals surface area (Å²) in [4.78, 5) is 20.9. The zero-order valence-electron chi connectivity index (χ0n) is 14.2. The molecular formula is C19H19N5O2.